The second kappa shape index (κ2) is 11.0. The van der Waals surface area contributed by atoms with Gasteiger partial charge in [0.05, 0.1) is 5.75 Å². The topological polar surface area (TPSA) is 69.0 Å². The molecule has 0 fully saturated rings. The summed E-state index contributed by atoms with van der Waals surface area (Å²) in [7, 11) is 0. The Kier molecular flexibility index (Phi) is 8.37. The first-order chi connectivity index (χ1) is 15.3. The monoisotopic (exact) mass is 516 g/mol. The molecule has 0 radical (unpaired) electrons. The highest BCUT2D eigenvalue weighted by Gasteiger charge is 2.15. The second-order valence-electron chi connectivity index (χ2n) is 7.91. The molecule has 32 heavy (non-hydrogen) atoms. The number of hydrogen-bond acceptors (Lipinski definition) is 5. The molecule has 8 heteroatoms. The lowest BCUT2D eigenvalue weighted by Crippen LogP contribution is -2.16. The van der Waals surface area contributed by atoms with Gasteiger partial charge in [-0.2, -0.15) is 0 Å². The molecule has 1 heterocycles. The quantitative estimate of drug-likeness (QED) is 0.347. The summed E-state index contributed by atoms with van der Waals surface area (Å²) < 4.78 is 8.89. The third kappa shape index (κ3) is 6.13. The SMILES string of the molecule is CCn1c(COc2ccc(C(C)C)cc2)nnc1SCC(=O)Nc1c(C)cc(Br)cc1C. The van der Waals surface area contributed by atoms with Crippen LogP contribution in [0.4, 0.5) is 5.69 Å². The molecule has 0 unspecified atom stereocenters. The largest absolute Gasteiger partial charge is 0.486 e. The van der Waals surface area contributed by atoms with Crippen molar-refractivity contribution in [2.24, 2.45) is 0 Å². The zero-order valence-corrected chi connectivity index (χ0v) is 21.5. The molecule has 0 saturated carbocycles. The van der Waals surface area contributed by atoms with E-state index in [1.807, 2.05) is 49.6 Å². The van der Waals surface area contributed by atoms with Crippen LogP contribution in [0, 0.1) is 13.8 Å². The maximum Gasteiger partial charge on any atom is 0.234 e. The lowest BCUT2D eigenvalue weighted by molar-refractivity contribution is -0.113. The van der Waals surface area contributed by atoms with Crippen molar-refractivity contribution < 1.29 is 9.53 Å². The third-order valence-corrected chi connectivity index (χ3v) is 6.54. The molecule has 0 atom stereocenters. The summed E-state index contributed by atoms with van der Waals surface area (Å²) in [5.41, 5.74) is 4.17. The van der Waals surface area contributed by atoms with Crippen molar-refractivity contribution in [1.82, 2.24) is 14.8 Å². The molecule has 1 aromatic heterocycles. The number of ether oxygens (including phenoxy) is 1. The van der Waals surface area contributed by atoms with E-state index in [1.54, 1.807) is 0 Å². The fourth-order valence-electron chi connectivity index (χ4n) is 3.36. The van der Waals surface area contributed by atoms with Gasteiger partial charge < -0.3 is 14.6 Å². The number of hydrogen-bond donors (Lipinski definition) is 1. The van der Waals surface area contributed by atoms with Crippen molar-refractivity contribution in [2.45, 2.75) is 58.8 Å². The summed E-state index contributed by atoms with van der Waals surface area (Å²) in [6.45, 7) is 11.4. The second-order valence-corrected chi connectivity index (χ2v) is 9.77. The fraction of sp³-hybridized carbons (Fsp3) is 0.375. The Morgan fingerprint density at radius 1 is 1.16 bits per heavy atom. The van der Waals surface area contributed by atoms with E-state index in [2.05, 4.69) is 57.4 Å². The van der Waals surface area contributed by atoms with E-state index in [9.17, 15) is 4.79 Å². The van der Waals surface area contributed by atoms with Crippen LogP contribution in [0.1, 0.15) is 49.2 Å². The minimum absolute atomic E-state index is 0.0720. The van der Waals surface area contributed by atoms with E-state index in [1.165, 1.54) is 17.3 Å². The normalized spacial score (nSPS) is 11.1. The molecular formula is C24H29BrN4O2S. The maximum absolute atomic E-state index is 12.5. The van der Waals surface area contributed by atoms with Crippen LogP contribution < -0.4 is 10.1 Å². The Morgan fingerprint density at radius 2 is 1.81 bits per heavy atom. The number of rotatable bonds is 9. The number of amides is 1. The van der Waals surface area contributed by atoms with Crippen LogP contribution in [-0.2, 0) is 17.9 Å². The summed E-state index contributed by atoms with van der Waals surface area (Å²) in [6, 6.07) is 12.1. The van der Waals surface area contributed by atoms with Crippen LogP contribution in [0.2, 0.25) is 0 Å². The zero-order valence-electron chi connectivity index (χ0n) is 19.1. The van der Waals surface area contributed by atoms with Gasteiger partial charge in [0.15, 0.2) is 11.0 Å². The Labute approximate surface area is 202 Å². The summed E-state index contributed by atoms with van der Waals surface area (Å²) in [5.74, 6) is 2.21. The van der Waals surface area contributed by atoms with Crippen LogP contribution in [-0.4, -0.2) is 26.4 Å². The average molecular weight is 517 g/mol. The van der Waals surface area contributed by atoms with Gasteiger partial charge in [0, 0.05) is 16.7 Å². The number of nitrogens with zero attached hydrogens (tertiary/aromatic N) is 3. The van der Waals surface area contributed by atoms with Crippen LogP contribution in [0.15, 0.2) is 46.0 Å². The van der Waals surface area contributed by atoms with Crippen molar-refractivity contribution in [2.75, 3.05) is 11.1 Å². The van der Waals surface area contributed by atoms with E-state index in [0.717, 1.165) is 32.9 Å². The molecule has 0 spiro atoms. The molecule has 1 N–H and O–H groups in total. The van der Waals surface area contributed by atoms with Gasteiger partial charge in [-0.1, -0.05) is 53.7 Å². The third-order valence-electron chi connectivity index (χ3n) is 5.12. The minimum Gasteiger partial charge on any atom is -0.486 e. The highest BCUT2D eigenvalue weighted by Crippen LogP contribution is 2.26. The maximum atomic E-state index is 12.5. The first kappa shape index (κ1) is 24.3. The number of carbonyl (C=O) groups is 1. The van der Waals surface area contributed by atoms with Gasteiger partial charge in [0.25, 0.3) is 0 Å². The number of benzene rings is 2. The highest BCUT2D eigenvalue weighted by molar-refractivity contribution is 9.10. The minimum atomic E-state index is -0.0720. The summed E-state index contributed by atoms with van der Waals surface area (Å²) in [6.07, 6.45) is 0. The molecule has 3 rings (SSSR count). The molecule has 2 aromatic carbocycles. The van der Waals surface area contributed by atoms with E-state index in [0.29, 0.717) is 24.2 Å². The molecule has 0 aliphatic rings. The van der Waals surface area contributed by atoms with Crippen LogP contribution >= 0.6 is 27.7 Å². The summed E-state index contributed by atoms with van der Waals surface area (Å²) in [5, 5.41) is 12.3. The molecule has 0 aliphatic heterocycles. The molecule has 0 bridgehead atoms. The lowest BCUT2D eigenvalue weighted by atomic mass is 10.0. The molecule has 0 aliphatic carbocycles. The van der Waals surface area contributed by atoms with Crippen LogP contribution in [0.25, 0.3) is 0 Å². The van der Waals surface area contributed by atoms with Crippen molar-refractivity contribution in [3.63, 3.8) is 0 Å². The van der Waals surface area contributed by atoms with E-state index >= 15 is 0 Å². The number of aromatic nitrogens is 3. The number of nitrogens with one attached hydrogen (secondary N) is 1. The molecule has 0 saturated heterocycles. The van der Waals surface area contributed by atoms with E-state index in [4.69, 9.17) is 4.74 Å². The van der Waals surface area contributed by atoms with Crippen molar-refractivity contribution in [3.05, 3.63) is 63.4 Å². The Hall–Kier alpha value is -2.32. The molecule has 6 nitrogen and oxygen atoms in total. The molecular weight excluding hydrogens is 488 g/mol. The number of carbonyl (C=O) groups excluding carboxylic acids is 1. The van der Waals surface area contributed by atoms with Crippen molar-refractivity contribution >= 4 is 39.3 Å². The highest BCUT2D eigenvalue weighted by atomic mass is 79.9. The number of aryl methyl sites for hydroxylation is 2. The zero-order chi connectivity index (χ0) is 23.3. The van der Waals surface area contributed by atoms with Gasteiger partial charge in [-0.15, -0.1) is 10.2 Å². The first-order valence-electron chi connectivity index (χ1n) is 10.6. The average Bonchev–Trinajstić information content (AvgIpc) is 3.15. The van der Waals surface area contributed by atoms with Crippen LogP contribution in [0.3, 0.4) is 0 Å². The summed E-state index contributed by atoms with van der Waals surface area (Å²) >= 11 is 4.86. The number of anilines is 1. The molecule has 1 amide bonds. The van der Waals surface area contributed by atoms with Gasteiger partial charge >= 0.3 is 0 Å². The number of halogens is 1. The van der Waals surface area contributed by atoms with Gasteiger partial charge in [-0.05, 0) is 67.6 Å². The Balaban J connectivity index is 1.59. The van der Waals surface area contributed by atoms with Gasteiger partial charge in [0.1, 0.15) is 12.4 Å². The van der Waals surface area contributed by atoms with Crippen molar-refractivity contribution in [3.8, 4) is 5.75 Å². The van der Waals surface area contributed by atoms with Gasteiger partial charge in [-0.3, -0.25) is 4.79 Å². The molecule has 170 valence electrons. The lowest BCUT2D eigenvalue weighted by Gasteiger charge is -2.12. The first-order valence-corrected chi connectivity index (χ1v) is 12.4. The smallest absolute Gasteiger partial charge is 0.234 e. The van der Waals surface area contributed by atoms with Crippen LogP contribution in [0.5, 0.6) is 5.75 Å². The van der Waals surface area contributed by atoms with Gasteiger partial charge in [-0.25, -0.2) is 0 Å². The predicted molar refractivity (Wildman–Crippen MR) is 134 cm³/mol. The number of thioether (sulfide) groups is 1. The standard InChI is InChI=1S/C24H29BrN4O2S/c1-6-29-21(13-31-20-9-7-18(8-10-20)15(2)3)27-28-24(29)32-14-22(30)26-23-16(4)11-19(25)12-17(23)5/h7-12,15H,6,13-14H2,1-5H3,(H,26,30). The fourth-order valence-corrected chi connectivity index (χ4v) is 4.87. The van der Waals surface area contributed by atoms with E-state index < -0.39 is 0 Å². The Bertz CT molecular complexity index is 1060. The van der Waals surface area contributed by atoms with E-state index in [-0.39, 0.29) is 11.7 Å². The van der Waals surface area contributed by atoms with Crippen molar-refractivity contribution in [1.29, 1.82) is 0 Å². The van der Waals surface area contributed by atoms with Gasteiger partial charge in [0.2, 0.25) is 5.91 Å². The Morgan fingerprint density at radius 3 is 2.41 bits per heavy atom. The summed E-state index contributed by atoms with van der Waals surface area (Å²) in [4.78, 5) is 12.5. The predicted octanol–water partition coefficient (Wildman–Crippen LogP) is 6.11. The molecule has 3 aromatic rings.